The van der Waals surface area contributed by atoms with Crippen LogP contribution >= 0.6 is 0 Å². The molecule has 0 radical (unpaired) electrons. The summed E-state index contributed by atoms with van der Waals surface area (Å²) in [5.41, 5.74) is 0. The van der Waals surface area contributed by atoms with E-state index in [1.807, 2.05) is 0 Å². The van der Waals surface area contributed by atoms with Gasteiger partial charge in [-0.25, -0.2) is 0 Å². The van der Waals surface area contributed by atoms with Crippen molar-refractivity contribution in [2.75, 3.05) is 13.2 Å². The van der Waals surface area contributed by atoms with Crippen molar-refractivity contribution in [2.24, 2.45) is 5.92 Å². The van der Waals surface area contributed by atoms with E-state index >= 15 is 0 Å². The van der Waals surface area contributed by atoms with Gasteiger partial charge in [-0.3, -0.25) is 14.4 Å². The lowest BCUT2D eigenvalue weighted by Gasteiger charge is -2.18. The van der Waals surface area contributed by atoms with Crippen molar-refractivity contribution in [3.05, 3.63) is 0 Å². The summed E-state index contributed by atoms with van der Waals surface area (Å²) in [6.45, 7) is 8.95. The summed E-state index contributed by atoms with van der Waals surface area (Å²) in [4.78, 5) is 37.7. The molecule has 0 aromatic carbocycles. The highest BCUT2D eigenvalue weighted by atomic mass is 16.6. The lowest BCUT2D eigenvalue weighted by molar-refractivity contribution is -0.167. The third kappa shape index (κ3) is 41.6. The molecule has 0 aromatic heterocycles. The average Bonchev–Trinajstić information content (AvgIpc) is 3.15. The van der Waals surface area contributed by atoms with Crippen LogP contribution in [0.1, 0.15) is 265 Å². The van der Waals surface area contributed by atoms with Gasteiger partial charge in [-0.2, -0.15) is 0 Å². The Balaban J connectivity index is 4.26. The van der Waals surface area contributed by atoms with E-state index in [1.54, 1.807) is 0 Å². The second-order valence-electron chi connectivity index (χ2n) is 16.9. The predicted octanol–water partition coefficient (Wildman–Crippen LogP) is 15.1. The largest absolute Gasteiger partial charge is 0.462 e. The van der Waals surface area contributed by atoms with E-state index in [2.05, 4.69) is 27.7 Å². The first kappa shape index (κ1) is 52.4. The summed E-state index contributed by atoms with van der Waals surface area (Å²) in [6.07, 6.45) is 42.4. The highest BCUT2D eigenvalue weighted by Crippen LogP contribution is 2.16. The minimum atomic E-state index is -0.759. The monoisotopic (exact) mass is 765 g/mol. The quantitative estimate of drug-likeness (QED) is 0.0349. The number of carbonyl (C=O) groups excluding carboxylic acids is 3. The Kier molecular flexibility index (Phi) is 41.3. The second kappa shape index (κ2) is 42.6. The summed E-state index contributed by atoms with van der Waals surface area (Å²) in [7, 11) is 0. The van der Waals surface area contributed by atoms with Crippen LogP contribution in [0.2, 0.25) is 0 Å². The molecule has 0 aliphatic heterocycles. The smallest absolute Gasteiger partial charge is 0.306 e. The zero-order valence-electron chi connectivity index (χ0n) is 36.7. The van der Waals surface area contributed by atoms with Crippen molar-refractivity contribution >= 4 is 17.9 Å². The van der Waals surface area contributed by atoms with E-state index in [1.165, 1.54) is 161 Å². The number of carbonyl (C=O) groups is 3. The number of unbranched alkanes of at least 4 members (excludes halogenated alkanes) is 30. The molecule has 0 N–H and O–H groups in total. The molecule has 0 bridgehead atoms. The Labute approximate surface area is 336 Å². The Morgan fingerprint density at radius 1 is 0.352 bits per heavy atom. The molecule has 0 fully saturated rings. The molecular weight excluding hydrogens is 673 g/mol. The van der Waals surface area contributed by atoms with Crippen molar-refractivity contribution in [3.8, 4) is 0 Å². The first-order valence-electron chi connectivity index (χ1n) is 23.9. The molecule has 0 saturated heterocycles. The lowest BCUT2D eigenvalue weighted by Crippen LogP contribution is -2.30. The van der Waals surface area contributed by atoms with Crippen LogP contribution in [0.5, 0.6) is 0 Å². The van der Waals surface area contributed by atoms with Gasteiger partial charge in [0.25, 0.3) is 0 Å². The number of esters is 3. The minimum Gasteiger partial charge on any atom is -0.462 e. The third-order valence-electron chi connectivity index (χ3n) is 10.8. The van der Waals surface area contributed by atoms with E-state index in [4.69, 9.17) is 14.2 Å². The number of hydrogen-bond donors (Lipinski definition) is 0. The fourth-order valence-electron chi connectivity index (χ4n) is 7.16. The molecule has 0 unspecified atom stereocenters. The van der Waals surface area contributed by atoms with Crippen molar-refractivity contribution in [3.63, 3.8) is 0 Å². The second-order valence-corrected chi connectivity index (χ2v) is 16.9. The molecule has 0 saturated carbocycles. The maximum Gasteiger partial charge on any atom is 0.306 e. The van der Waals surface area contributed by atoms with Gasteiger partial charge in [0.1, 0.15) is 13.2 Å². The Morgan fingerprint density at radius 2 is 0.611 bits per heavy atom. The standard InChI is InChI=1S/C48H92O6/c1-5-7-9-11-13-15-17-18-19-20-21-22-24-28-32-36-40-47(50)53-43-45(54-48(51)41-37-33-29-25-26-30-34-38-44(3)4)42-52-46(49)39-35-31-27-23-16-14-12-10-8-6-2/h44-45H,5-43H2,1-4H3/t45-/m0/s1. The molecule has 320 valence electrons. The Hall–Kier alpha value is -1.59. The summed E-state index contributed by atoms with van der Waals surface area (Å²) in [5.74, 6) is -0.0772. The molecule has 0 aliphatic rings. The number of rotatable bonds is 43. The van der Waals surface area contributed by atoms with E-state index in [-0.39, 0.29) is 31.1 Å². The molecule has 54 heavy (non-hydrogen) atoms. The SMILES string of the molecule is CCCCCCCCCCCCCCCCCCC(=O)OC[C@H](COC(=O)CCCCCCCCCCCC)OC(=O)CCCCCCCCCC(C)C. The summed E-state index contributed by atoms with van der Waals surface area (Å²) < 4.78 is 16.7. The molecule has 0 amide bonds. The van der Waals surface area contributed by atoms with Gasteiger partial charge >= 0.3 is 17.9 Å². The maximum absolute atomic E-state index is 12.7. The molecule has 0 rings (SSSR count). The van der Waals surface area contributed by atoms with Crippen molar-refractivity contribution < 1.29 is 28.6 Å². The first-order chi connectivity index (χ1) is 26.4. The van der Waals surface area contributed by atoms with Crippen LogP contribution < -0.4 is 0 Å². The fourth-order valence-corrected chi connectivity index (χ4v) is 7.16. The Morgan fingerprint density at radius 3 is 0.907 bits per heavy atom. The van der Waals surface area contributed by atoms with Crippen LogP contribution in [-0.2, 0) is 28.6 Å². The van der Waals surface area contributed by atoms with E-state index < -0.39 is 6.10 Å². The van der Waals surface area contributed by atoms with Gasteiger partial charge in [-0.05, 0) is 25.2 Å². The summed E-state index contributed by atoms with van der Waals surface area (Å²) in [5, 5.41) is 0. The van der Waals surface area contributed by atoms with Crippen molar-refractivity contribution in [2.45, 2.75) is 271 Å². The molecule has 0 aliphatic carbocycles. The lowest BCUT2D eigenvalue weighted by atomic mass is 10.0. The van der Waals surface area contributed by atoms with Crippen molar-refractivity contribution in [1.29, 1.82) is 0 Å². The number of ether oxygens (including phenoxy) is 3. The molecule has 0 aromatic rings. The highest BCUT2D eigenvalue weighted by Gasteiger charge is 2.19. The number of hydrogen-bond acceptors (Lipinski definition) is 6. The highest BCUT2D eigenvalue weighted by molar-refractivity contribution is 5.71. The third-order valence-corrected chi connectivity index (χ3v) is 10.8. The van der Waals surface area contributed by atoms with E-state index in [0.29, 0.717) is 19.3 Å². The molecule has 1 atom stereocenters. The van der Waals surface area contributed by atoms with Crippen LogP contribution in [0.15, 0.2) is 0 Å². The summed E-state index contributed by atoms with van der Waals surface area (Å²) in [6, 6.07) is 0. The molecule has 0 heterocycles. The molecule has 6 nitrogen and oxygen atoms in total. The molecule has 0 spiro atoms. The van der Waals surface area contributed by atoms with Gasteiger partial charge in [0, 0.05) is 19.3 Å². The molecular formula is C48H92O6. The average molecular weight is 765 g/mol. The predicted molar refractivity (Wildman–Crippen MR) is 229 cm³/mol. The normalized spacial score (nSPS) is 11.9. The summed E-state index contributed by atoms with van der Waals surface area (Å²) >= 11 is 0. The zero-order chi connectivity index (χ0) is 39.6. The van der Waals surface area contributed by atoms with Crippen LogP contribution in [0.25, 0.3) is 0 Å². The first-order valence-corrected chi connectivity index (χ1v) is 23.9. The minimum absolute atomic E-state index is 0.0641. The zero-order valence-corrected chi connectivity index (χ0v) is 36.7. The van der Waals surface area contributed by atoms with Gasteiger partial charge in [-0.15, -0.1) is 0 Å². The van der Waals surface area contributed by atoms with Gasteiger partial charge in [0.2, 0.25) is 0 Å². The van der Waals surface area contributed by atoms with Crippen LogP contribution in [0, 0.1) is 5.92 Å². The van der Waals surface area contributed by atoms with E-state index in [9.17, 15) is 14.4 Å². The van der Waals surface area contributed by atoms with Gasteiger partial charge in [0.15, 0.2) is 6.10 Å². The van der Waals surface area contributed by atoms with Crippen molar-refractivity contribution in [1.82, 2.24) is 0 Å². The molecule has 6 heteroatoms. The van der Waals surface area contributed by atoms with Gasteiger partial charge < -0.3 is 14.2 Å². The van der Waals surface area contributed by atoms with Crippen LogP contribution in [0.4, 0.5) is 0 Å². The van der Waals surface area contributed by atoms with Crippen LogP contribution in [0.3, 0.4) is 0 Å². The Bertz CT molecular complexity index is 811. The van der Waals surface area contributed by atoms with E-state index in [0.717, 1.165) is 63.7 Å². The fraction of sp³-hybridized carbons (Fsp3) is 0.938. The topological polar surface area (TPSA) is 78.9 Å². The maximum atomic E-state index is 12.7. The van der Waals surface area contributed by atoms with Gasteiger partial charge in [-0.1, -0.05) is 227 Å². The van der Waals surface area contributed by atoms with Gasteiger partial charge in [0.05, 0.1) is 0 Å². The van der Waals surface area contributed by atoms with Crippen LogP contribution in [-0.4, -0.2) is 37.2 Å².